The van der Waals surface area contributed by atoms with Gasteiger partial charge < -0.3 is 20.1 Å². The molecule has 0 bridgehead atoms. The maximum Gasteiger partial charge on any atom is 0.306 e. The van der Waals surface area contributed by atoms with Crippen molar-refractivity contribution < 1.29 is 23.9 Å². The summed E-state index contributed by atoms with van der Waals surface area (Å²) in [6.07, 6.45) is -0.221. The van der Waals surface area contributed by atoms with Crippen LogP contribution in [0.1, 0.15) is 18.4 Å². The fraction of sp³-hybridized carbons (Fsp3) is 0.160. The largest absolute Gasteiger partial charge is 0.457 e. The first-order valence-corrected chi connectivity index (χ1v) is 10.6. The Bertz CT molecular complexity index is 1120. The molecule has 2 amide bonds. The average Bonchev–Trinajstić information content (AvgIpc) is 2.81. The molecule has 3 aromatic rings. The molecule has 0 heterocycles. The molecular formula is C25H23ClN2O5. The van der Waals surface area contributed by atoms with Crippen LogP contribution in [-0.2, 0) is 19.1 Å². The molecule has 0 atom stereocenters. The molecule has 170 valence electrons. The van der Waals surface area contributed by atoms with E-state index in [1.54, 1.807) is 42.5 Å². The summed E-state index contributed by atoms with van der Waals surface area (Å²) in [5.41, 5.74) is 1.96. The molecule has 0 spiro atoms. The second-order valence-corrected chi connectivity index (χ2v) is 7.57. The Morgan fingerprint density at radius 3 is 2.12 bits per heavy atom. The highest BCUT2D eigenvalue weighted by molar-refractivity contribution is 6.31. The number of hydrogen-bond donors (Lipinski definition) is 2. The van der Waals surface area contributed by atoms with Gasteiger partial charge in [0.15, 0.2) is 6.61 Å². The van der Waals surface area contributed by atoms with E-state index in [4.69, 9.17) is 21.1 Å². The molecule has 0 saturated carbocycles. The number of carbonyl (C=O) groups is 3. The number of amides is 2. The van der Waals surface area contributed by atoms with E-state index >= 15 is 0 Å². The number of para-hydroxylation sites is 1. The van der Waals surface area contributed by atoms with Gasteiger partial charge in [-0.2, -0.15) is 0 Å². The lowest BCUT2D eigenvalue weighted by Gasteiger charge is -2.09. The van der Waals surface area contributed by atoms with Crippen LogP contribution in [0.5, 0.6) is 11.5 Å². The van der Waals surface area contributed by atoms with Crippen molar-refractivity contribution in [3.63, 3.8) is 0 Å². The van der Waals surface area contributed by atoms with Gasteiger partial charge in [-0.3, -0.25) is 14.4 Å². The molecule has 0 fully saturated rings. The second kappa shape index (κ2) is 11.7. The number of carbonyl (C=O) groups excluding carboxylic acids is 3. The Morgan fingerprint density at radius 1 is 0.788 bits per heavy atom. The van der Waals surface area contributed by atoms with Crippen molar-refractivity contribution in [1.29, 1.82) is 0 Å². The number of hydrogen-bond acceptors (Lipinski definition) is 5. The van der Waals surface area contributed by atoms with Crippen LogP contribution in [0.25, 0.3) is 0 Å². The Kier molecular flexibility index (Phi) is 8.43. The van der Waals surface area contributed by atoms with Crippen molar-refractivity contribution in [2.45, 2.75) is 19.8 Å². The van der Waals surface area contributed by atoms with Crippen LogP contribution >= 0.6 is 11.6 Å². The number of esters is 1. The second-order valence-electron chi connectivity index (χ2n) is 7.16. The Balaban J connectivity index is 1.36. The van der Waals surface area contributed by atoms with E-state index in [1.807, 2.05) is 37.3 Å². The number of rotatable bonds is 9. The lowest BCUT2D eigenvalue weighted by molar-refractivity contribution is -0.147. The fourth-order valence-electron chi connectivity index (χ4n) is 2.76. The lowest BCUT2D eigenvalue weighted by atomic mass is 10.2. The third-order valence-electron chi connectivity index (χ3n) is 4.49. The zero-order chi connectivity index (χ0) is 23.6. The fourth-order valence-corrected chi connectivity index (χ4v) is 2.94. The summed E-state index contributed by atoms with van der Waals surface area (Å²) in [4.78, 5) is 35.9. The zero-order valence-electron chi connectivity index (χ0n) is 18.0. The van der Waals surface area contributed by atoms with Crippen LogP contribution < -0.4 is 15.4 Å². The molecule has 0 unspecified atom stereocenters. The predicted molar refractivity (Wildman–Crippen MR) is 127 cm³/mol. The standard InChI is InChI=1S/C25H23ClN2O5/c1-17-7-8-19(15-22(17)26)28-24(30)16-32-25(31)14-13-23(29)27-18-9-11-21(12-10-18)33-20-5-3-2-4-6-20/h2-12,15H,13-14,16H2,1H3,(H,27,29)(H,28,30). The molecule has 0 aliphatic rings. The molecule has 3 aromatic carbocycles. The van der Waals surface area contributed by atoms with Crippen LogP contribution in [-0.4, -0.2) is 24.4 Å². The number of ether oxygens (including phenoxy) is 2. The van der Waals surface area contributed by atoms with Gasteiger partial charge >= 0.3 is 5.97 Å². The molecule has 0 aromatic heterocycles. The zero-order valence-corrected chi connectivity index (χ0v) is 18.7. The Hall–Kier alpha value is -3.84. The molecule has 8 heteroatoms. The summed E-state index contributed by atoms with van der Waals surface area (Å²) in [6, 6.07) is 21.3. The summed E-state index contributed by atoms with van der Waals surface area (Å²) < 4.78 is 10.6. The van der Waals surface area contributed by atoms with E-state index in [0.717, 1.165) is 5.56 Å². The van der Waals surface area contributed by atoms with Gasteiger partial charge in [-0.15, -0.1) is 0 Å². The van der Waals surface area contributed by atoms with E-state index in [2.05, 4.69) is 10.6 Å². The van der Waals surface area contributed by atoms with E-state index in [9.17, 15) is 14.4 Å². The van der Waals surface area contributed by atoms with Crippen molar-refractivity contribution >= 4 is 40.8 Å². The molecule has 3 rings (SSSR count). The van der Waals surface area contributed by atoms with E-state index in [1.165, 1.54) is 0 Å². The quantitative estimate of drug-likeness (QED) is 0.415. The molecule has 2 N–H and O–H groups in total. The molecule has 7 nitrogen and oxygen atoms in total. The normalized spacial score (nSPS) is 10.2. The van der Waals surface area contributed by atoms with Crippen molar-refractivity contribution in [2.24, 2.45) is 0 Å². The predicted octanol–water partition coefficient (Wildman–Crippen LogP) is 5.34. The van der Waals surface area contributed by atoms with Crippen molar-refractivity contribution in [1.82, 2.24) is 0 Å². The molecule has 0 radical (unpaired) electrons. The van der Waals surface area contributed by atoms with Gasteiger partial charge in [0.1, 0.15) is 11.5 Å². The van der Waals surface area contributed by atoms with Crippen molar-refractivity contribution in [3.05, 3.63) is 83.4 Å². The SMILES string of the molecule is Cc1ccc(NC(=O)COC(=O)CCC(=O)Nc2ccc(Oc3ccccc3)cc2)cc1Cl. The van der Waals surface area contributed by atoms with E-state index < -0.39 is 18.5 Å². The molecule has 0 aliphatic heterocycles. The van der Waals surface area contributed by atoms with Crippen molar-refractivity contribution in [2.75, 3.05) is 17.2 Å². The summed E-state index contributed by atoms with van der Waals surface area (Å²) in [5.74, 6) is -0.139. The van der Waals surface area contributed by atoms with Crippen LogP contribution in [0, 0.1) is 6.92 Å². The maximum absolute atomic E-state index is 12.1. The van der Waals surface area contributed by atoms with Crippen molar-refractivity contribution in [3.8, 4) is 11.5 Å². The summed E-state index contributed by atoms with van der Waals surface area (Å²) in [7, 11) is 0. The molecule has 33 heavy (non-hydrogen) atoms. The van der Waals surface area contributed by atoms with Crippen LogP contribution in [0.4, 0.5) is 11.4 Å². The van der Waals surface area contributed by atoms with E-state index in [-0.39, 0.29) is 18.7 Å². The highest BCUT2D eigenvalue weighted by Gasteiger charge is 2.11. The van der Waals surface area contributed by atoms with Gasteiger partial charge in [-0.1, -0.05) is 35.9 Å². The summed E-state index contributed by atoms with van der Waals surface area (Å²) >= 11 is 6.01. The highest BCUT2D eigenvalue weighted by Crippen LogP contribution is 2.23. The Labute approximate surface area is 196 Å². The first-order valence-electron chi connectivity index (χ1n) is 10.2. The minimum atomic E-state index is -0.645. The number of nitrogens with one attached hydrogen (secondary N) is 2. The third kappa shape index (κ3) is 7.97. The number of anilines is 2. The first kappa shape index (κ1) is 23.8. The van der Waals surface area contributed by atoms with Crippen LogP contribution in [0.3, 0.4) is 0 Å². The van der Waals surface area contributed by atoms with Crippen LogP contribution in [0.15, 0.2) is 72.8 Å². The number of aryl methyl sites for hydroxylation is 1. The Morgan fingerprint density at radius 2 is 1.42 bits per heavy atom. The van der Waals surface area contributed by atoms with Crippen LogP contribution in [0.2, 0.25) is 5.02 Å². The third-order valence-corrected chi connectivity index (χ3v) is 4.90. The lowest BCUT2D eigenvalue weighted by Crippen LogP contribution is -2.21. The average molecular weight is 467 g/mol. The van der Waals surface area contributed by atoms with Gasteiger partial charge in [-0.05, 0) is 61.0 Å². The topological polar surface area (TPSA) is 93.7 Å². The van der Waals surface area contributed by atoms with Gasteiger partial charge in [-0.25, -0.2) is 0 Å². The van der Waals surface area contributed by atoms with Gasteiger partial charge in [0.25, 0.3) is 5.91 Å². The number of halogens is 1. The minimum absolute atomic E-state index is 0.0731. The smallest absolute Gasteiger partial charge is 0.306 e. The van der Waals surface area contributed by atoms with Gasteiger partial charge in [0.2, 0.25) is 5.91 Å². The summed E-state index contributed by atoms with van der Waals surface area (Å²) in [5, 5.41) is 5.82. The molecular weight excluding hydrogens is 444 g/mol. The van der Waals surface area contributed by atoms with E-state index in [0.29, 0.717) is 27.9 Å². The molecule has 0 saturated heterocycles. The maximum atomic E-state index is 12.1. The highest BCUT2D eigenvalue weighted by atomic mass is 35.5. The summed E-state index contributed by atoms with van der Waals surface area (Å²) in [6.45, 7) is 1.40. The molecule has 0 aliphatic carbocycles. The van der Waals surface area contributed by atoms with Gasteiger partial charge in [0, 0.05) is 22.8 Å². The first-order chi connectivity index (χ1) is 15.9. The number of benzene rings is 3. The monoisotopic (exact) mass is 466 g/mol. The van der Waals surface area contributed by atoms with Gasteiger partial charge in [0.05, 0.1) is 6.42 Å². The minimum Gasteiger partial charge on any atom is -0.457 e.